The number of hydrogen-bond donors (Lipinski definition) is 2. The van der Waals surface area contributed by atoms with Crippen molar-refractivity contribution in [2.24, 2.45) is 0 Å². The molecule has 0 radical (unpaired) electrons. The lowest BCUT2D eigenvalue weighted by molar-refractivity contribution is -0.137. The number of halogens is 1. The number of carboxylic acid groups (broad SMARTS) is 1. The number of carbonyl (C=O) groups is 2. The summed E-state index contributed by atoms with van der Waals surface area (Å²) in [5, 5.41) is 15.1. The van der Waals surface area contributed by atoms with E-state index in [9.17, 15) is 14.0 Å². The zero-order valence-corrected chi connectivity index (χ0v) is 14.1. The smallest absolute Gasteiger partial charge is 0.303 e. The van der Waals surface area contributed by atoms with Crippen LogP contribution in [0.2, 0.25) is 0 Å². The van der Waals surface area contributed by atoms with Gasteiger partial charge < -0.3 is 14.9 Å². The van der Waals surface area contributed by atoms with Gasteiger partial charge in [-0.05, 0) is 31.9 Å². The third-order valence-corrected chi connectivity index (χ3v) is 3.66. The zero-order chi connectivity index (χ0) is 18.4. The molecule has 1 aromatic heterocycles. The van der Waals surface area contributed by atoms with E-state index in [1.165, 1.54) is 6.07 Å². The summed E-state index contributed by atoms with van der Waals surface area (Å²) in [5.74, 6) is -0.918. The fourth-order valence-electron chi connectivity index (χ4n) is 2.19. The Hall–Kier alpha value is -2.77. The first kappa shape index (κ1) is 18.6. The molecule has 0 saturated carbocycles. The van der Waals surface area contributed by atoms with E-state index in [4.69, 9.17) is 9.63 Å². The standard InChI is InChI=1S/C17H20FN3O4/c1-10-3-5-12(9-13(10)18)17-20-15(25-21-17)7-6-14(22)19-11(2)4-8-16(23)24/h3,5,9,11H,4,6-8H2,1-2H3,(H,19,22)(H,23,24). The molecule has 2 rings (SSSR count). The molecular weight excluding hydrogens is 329 g/mol. The van der Waals surface area contributed by atoms with E-state index in [1.54, 1.807) is 26.0 Å². The maximum atomic E-state index is 13.6. The van der Waals surface area contributed by atoms with E-state index in [-0.39, 0.29) is 48.7 Å². The molecule has 0 aliphatic carbocycles. The summed E-state index contributed by atoms with van der Waals surface area (Å²) in [4.78, 5) is 26.5. The summed E-state index contributed by atoms with van der Waals surface area (Å²) >= 11 is 0. The van der Waals surface area contributed by atoms with E-state index in [0.29, 0.717) is 17.5 Å². The van der Waals surface area contributed by atoms with Gasteiger partial charge in [-0.3, -0.25) is 9.59 Å². The number of rotatable bonds is 8. The zero-order valence-electron chi connectivity index (χ0n) is 14.1. The molecule has 0 bridgehead atoms. The highest BCUT2D eigenvalue weighted by molar-refractivity contribution is 5.76. The Morgan fingerprint density at radius 1 is 1.36 bits per heavy atom. The van der Waals surface area contributed by atoms with Gasteiger partial charge >= 0.3 is 5.97 Å². The molecule has 0 aliphatic heterocycles. The van der Waals surface area contributed by atoms with Crippen molar-refractivity contribution in [2.75, 3.05) is 0 Å². The first-order chi connectivity index (χ1) is 11.8. The first-order valence-corrected chi connectivity index (χ1v) is 7.95. The lowest BCUT2D eigenvalue weighted by atomic mass is 10.1. The molecule has 134 valence electrons. The Balaban J connectivity index is 1.85. The van der Waals surface area contributed by atoms with E-state index in [2.05, 4.69) is 15.5 Å². The number of aromatic nitrogens is 2. The summed E-state index contributed by atoms with van der Waals surface area (Å²) in [6.07, 6.45) is 0.756. The van der Waals surface area contributed by atoms with Crippen LogP contribution >= 0.6 is 0 Å². The highest BCUT2D eigenvalue weighted by Crippen LogP contribution is 2.19. The van der Waals surface area contributed by atoms with Crippen molar-refractivity contribution < 1.29 is 23.6 Å². The molecule has 1 heterocycles. The molecule has 2 aromatic rings. The average Bonchev–Trinajstić information content (AvgIpc) is 3.02. The number of carboxylic acids is 1. The van der Waals surface area contributed by atoms with Crippen molar-refractivity contribution >= 4 is 11.9 Å². The normalized spacial score (nSPS) is 12.0. The minimum atomic E-state index is -0.896. The second-order valence-corrected chi connectivity index (χ2v) is 5.88. The number of nitrogens with zero attached hydrogens (tertiary/aromatic N) is 2. The largest absolute Gasteiger partial charge is 0.481 e. The number of nitrogens with one attached hydrogen (secondary N) is 1. The van der Waals surface area contributed by atoms with Gasteiger partial charge in [-0.2, -0.15) is 4.98 Å². The molecule has 0 saturated heterocycles. The van der Waals surface area contributed by atoms with Crippen molar-refractivity contribution in [2.45, 2.75) is 45.6 Å². The second-order valence-electron chi connectivity index (χ2n) is 5.88. The van der Waals surface area contributed by atoms with E-state index < -0.39 is 5.97 Å². The van der Waals surface area contributed by atoms with Crippen LogP contribution in [0.4, 0.5) is 4.39 Å². The molecule has 1 amide bonds. The quantitative estimate of drug-likeness (QED) is 0.758. The molecule has 8 heteroatoms. The summed E-state index contributed by atoms with van der Waals surface area (Å²) in [5.41, 5.74) is 1.03. The van der Waals surface area contributed by atoms with Gasteiger partial charge in [0.2, 0.25) is 17.6 Å². The summed E-state index contributed by atoms with van der Waals surface area (Å²) in [6.45, 7) is 3.41. The number of benzene rings is 1. The molecule has 0 spiro atoms. The van der Waals surface area contributed by atoms with Crippen molar-refractivity contribution in [3.8, 4) is 11.4 Å². The van der Waals surface area contributed by atoms with Crippen LogP contribution in [0.15, 0.2) is 22.7 Å². The number of amides is 1. The van der Waals surface area contributed by atoms with Gasteiger partial charge in [0.1, 0.15) is 5.82 Å². The van der Waals surface area contributed by atoms with E-state index in [1.807, 2.05) is 0 Å². The van der Waals surface area contributed by atoms with Gasteiger partial charge in [-0.25, -0.2) is 4.39 Å². The molecule has 0 fully saturated rings. The SMILES string of the molecule is Cc1ccc(-c2noc(CCC(=O)NC(C)CCC(=O)O)n2)cc1F. The molecule has 1 unspecified atom stereocenters. The Morgan fingerprint density at radius 2 is 2.12 bits per heavy atom. The van der Waals surface area contributed by atoms with Gasteiger partial charge in [0.05, 0.1) is 0 Å². The summed E-state index contributed by atoms with van der Waals surface area (Å²) in [7, 11) is 0. The third-order valence-electron chi connectivity index (χ3n) is 3.66. The van der Waals surface area contributed by atoms with E-state index >= 15 is 0 Å². The Morgan fingerprint density at radius 3 is 2.80 bits per heavy atom. The lowest BCUT2D eigenvalue weighted by Crippen LogP contribution is -2.33. The molecule has 0 aliphatic rings. The molecule has 7 nitrogen and oxygen atoms in total. The molecule has 1 aromatic carbocycles. The first-order valence-electron chi connectivity index (χ1n) is 7.95. The number of aryl methyl sites for hydroxylation is 2. The van der Waals surface area contributed by atoms with Gasteiger partial charge in [-0.1, -0.05) is 17.3 Å². The van der Waals surface area contributed by atoms with Crippen LogP contribution < -0.4 is 5.32 Å². The van der Waals surface area contributed by atoms with Crippen LogP contribution in [0.5, 0.6) is 0 Å². The highest BCUT2D eigenvalue weighted by atomic mass is 19.1. The van der Waals surface area contributed by atoms with Crippen molar-refractivity contribution in [1.29, 1.82) is 0 Å². The van der Waals surface area contributed by atoms with Crippen LogP contribution in [0.3, 0.4) is 0 Å². The Kier molecular flexibility index (Phi) is 6.21. The Bertz CT molecular complexity index is 760. The fourth-order valence-corrected chi connectivity index (χ4v) is 2.19. The van der Waals surface area contributed by atoms with Crippen LogP contribution in [0.25, 0.3) is 11.4 Å². The summed E-state index contributed by atoms with van der Waals surface area (Å²) in [6, 6.07) is 4.44. The van der Waals surface area contributed by atoms with Crippen LogP contribution in [-0.4, -0.2) is 33.2 Å². The van der Waals surface area contributed by atoms with Crippen LogP contribution in [0.1, 0.15) is 37.6 Å². The highest BCUT2D eigenvalue weighted by Gasteiger charge is 2.13. The molecule has 25 heavy (non-hydrogen) atoms. The number of carbonyl (C=O) groups excluding carboxylic acids is 1. The van der Waals surface area contributed by atoms with Crippen molar-refractivity contribution in [3.63, 3.8) is 0 Å². The number of aliphatic carboxylic acids is 1. The van der Waals surface area contributed by atoms with Gasteiger partial charge in [-0.15, -0.1) is 0 Å². The van der Waals surface area contributed by atoms with E-state index in [0.717, 1.165) is 0 Å². The molecule has 1 atom stereocenters. The van der Waals surface area contributed by atoms with Crippen molar-refractivity contribution in [3.05, 3.63) is 35.5 Å². The van der Waals surface area contributed by atoms with Crippen molar-refractivity contribution in [1.82, 2.24) is 15.5 Å². The number of hydrogen-bond acceptors (Lipinski definition) is 5. The third kappa shape index (κ3) is 5.66. The minimum absolute atomic E-state index is 0.00156. The monoisotopic (exact) mass is 349 g/mol. The Labute approximate surface area is 144 Å². The van der Waals surface area contributed by atoms with Gasteiger partial charge in [0.25, 0.3) is 0 Å². The minimum Gasteiger partial charge on any atom is -0.481 e. The average molecular weight is 349 g/mol. The van der Waals surface area contributed by atoms with Crippen LogP contribution in [0, 0.1) is 12.7 Å². The predicted molar refractivity (Wildman–Crippen MR) is 87.2 cm³/mol. The molecular formula is C17H20FN3O4. The van der Waals surface area contributed by atoms with Gasteiger partial charge in [0, 0.05) is 30.9 Å². The second kappa shape index (κ2) is 8.36. The summed E-state index contributed by atoms with van der Waals surface area (Å²) < 4.78 is 18.7. The lowest BCUT2D eigenvalue weighted by Gasteiger charge is -2.11. The topological polar surface area (TPSA) is 105 Å². The molecule has 2 N–H and O–H groups in total. The van der Waals surface area contributed by atoms with Crippen LogP contribution in [-0.2, 0) is 16.0 Å². The van der Waals surface area contributed by atoms with Gasteiger partial charge in [0.15, 0.2) is 0 Å². The fraction of sp³-hybridized carbons (Fsp3) is 0.412. The maximum absolute atomic E-state index is 13.6. The maximum Gasteiger partial charge on any atom is 0.303 e. The predicted octanol–water partition coefficient (Wildman–Crippen LogP) is 2.49.